The summed E-state index contributed by atoms with van der Waals surface area (Å²) < 4.78 is 11.1. The van der Waals surface area contributed by atoms with E-state index in [2.05, 4.69) is 14.8 Å². The molecule has 4 rings (SSSR count). The molecule has 0 saturated carbocycles. The van der Waals surface area contributed by atoms with Gasteiger partial charge in [-0.05, 0) is 17.7 Å². The zero-order valence-corrected chi connectivity index (χ0v) is 21.4. The average molecular weight is 524 g/mol. The molecule has 190 valence electrons. The summed E-state index contributed by atoms with van der Waals surface area (Å²) >= 11 is 12.3. The van der Waals surface area contributed by atoms with Gasteiger partial charge in [0.1, 0.15) is 6.26 Å². The van der Waals surface area contributed by atoms with Crippen molar-refractivity contribution in [2.24, 2.45) is 0 Å². The molecule has 0 unspecified atom stereocenters. The molecule has 0 spiro atoms. The van der Waals surface area contributed by atoms with Crippen LogP contribution in [-0.2, 0) is 22.6 Å². The Balaban J connectivity index is 1.39. The van der Waals surface area contributed by atoms with Gasteiger partial charge in [0.2, 0.25) is 11.8 Å². The maximum absolute atomic E-state index is 12.9. The predicted molar refractivity (Wildman–Crippen MR) is 132 cm³/mol. The molecule has 35 heavy (non-hydrogen) atoms. The van der Waals surface area contributed by atoms with Gasteiger partial charge >= 0.3 is 0 Å². The molecule has 1 aromatic heterocycles. The van der Waals surface area contributed by atoms with Gasteiger partial charge in [-0.25, -0.2) is 4.98 Å². The SMILES string of the molecule is CC(=O)N1CCN(C(=O)c2coc(CN(CCN3CCOCC3)Cc3ccc(Cl)c(Cl)c3)n2)CC1. The molecule has 0 N–H and O–H groups in total. The Morgan fingerprint density at radius 1 is 1.00 bits per heavy atom. The molecule has 9 nitrogen and oxygen atoms in total. The first kappa shape index (κ1) is 25.9. The number of benzene rings is 1. The van der Waals surface area contributed by atoms with Crippen LogP contribution in [0.1, 0.15) is 28.9 Å². The summed E-state index contributed by atoms with van der Waals surface area (Å²) in [4.78, 5) is 37.0. The lowest BCUT2D eigenvalue weighted by atomic mass is 10.2. The van der Waals surface area contributed by atoms with Crippen molar-refractivity contribution in [2.75, 3.05) is 65.6 Å². The fraction of sp³-hybridized carbons (Fsp3) is 0.542. The molecule has 2 saturated heterocycles. The minimum absolute atomic E-state index is 0.0277. The van der Waals surface area contributed by atoms with E-state index in [1.807, 2.05) is 12.1 Å². The lowest BCUT2D eigenvalue weighted by Crippen LogP contribution is -2.50. The van der Waals surface area contributed by atoms with Gasteiger partial charge in [0, 0.05) is 65.8 Å². The summed E-state index contributed by atoms with van der Waals surface area (Å²) in [5.41, 5.74) is 1.33. The Kier molecular flexibility index (Phi) is 9.02. The van der Waals surface area contributed by atoms with Crippen molar-refractivity contribution < 1.29 is 18.7 Å². The maximum Gasteiger partial charge on any atom is 0.275 e. The monoisotopic (exact) mass is 523 g/mol. The van der Waals surface area contributed by atoms with Crippen molar-refractivity contribution in [1.29, 1.82) is 0 Å². The van der Waals surface area contributed by atoms with Crippen molar-refractivity contribution in [3.63, 3.8) is 0 Å². The highest BCUT2D eigenvalue weighted by Crippen LogP contribution is 2.23. The van der Waals surface area contributed by atoms with Crippen molar-refractivity contribution in [3.8, 4) is 0 Å². The normalized spacial score (nSPS) is 17.3. The summed E-state index contributed by atoms with van der Waals surface area (Å²) in [6.45, 7) is 9.68. The molecule has 0 radical (unpaired) electrons. The second-order valence-electron chi connectivity index (χ2n) is 8.84. The molecule has 11 heteroatoms. The van der Waals surface area contributed by atoms with E-state index in [-0.39, 0.29) is 11.8 Å². The van der Waals surface area contributed by atoms with Crippen LogP contribution >= 0.6 is 23.2 Å². The van der Waals surface area contributed by atoms with E-state index >= 15 is 0 Å². The molecule has 3 heterocycles. The van der Waals surface area contributed by atoms with Gasteiger partial charge in [-0.15, -0.1) is 0 Å². The fourth-order valence-corrected chi connectivity index (χ4v) is 4.60. The van der Waals surface area contributed by atoms with Gasteiger partial charge in [0.05, 0.1) is 29.8 Å². The first-order valence-corrected chi connectivity index (χ1v) is 12.6. The highest BCUT2D eigenvalue weighted by atomic mass is 35.5. The van der Waals surface area contributed by atoms with Crippen LogP contribution in [0.4, 0.5) is 0 Å². The Morgan fingerprint density at radius 3 is 2.40 bits per heavy atom. The van der Waals surface area contributed by atoms with E-state index in [9.17, 15) is 9.59 Å². The molecule has 2 amide bonds. The van der Waals surface area contributed by atoms with E-state index < -0.39 is 0 Å². The number of piperazine rings is 1. The number of hydrogen-bond acceptors (Lipinski definition) is 7. The molecule has 2 aliphatic heterocycles. The third-order valence-corrected chi connectivity index (χ3v) is 7.11. The molecule has 2 aliphatic rings. The third kappa shape index (κ3) is 7.17. The van der Waals surface area contributed by atoms with Crippen LogP contribution in [0.25, 0.3) is 0 Å². The van der Waals surface area contributed by atoms with Crippen molar-refractivity contribution in [2.45, 2.75) is 20.0 Å². The number of amides is 2. The van der Waals surface area contributed by atoms with Crippen LogP contribution in [0.3, 0.4) is 0 Å². The van der Waals surface area contributed by atoms with Crippen molar-refractivity contribution >= 4 is 35.0 Å². The molecule has 0 bridgehead atoms. The fourth-order valence-electron chi connectivity index (χ4n) is 4.28. The quantitative estimate of drug-likeness (QED) is 0.525. The van der Waals surface area contributed by atoms with Gasteiger partial charge < -0.3 is 19.0 Å². The number of aromatic nitrogens is 1. The summed E-state index contributed by atoms with van der Waals surface area (Å²) in [5, 5.41) is 1.04. The van der Waals surface area contributed by atoms with Crippen LogP contribution in [0.2, 0.25) is 10.0 Å². The number of carbonyl (C=O) groups is 2. The van der Waals surface area contributed by atoms with Crippen molar-refractivity contribution in [3.05, 3.63) is 51.7 Å². The number of halogens is 2. The molecule has 2 aromatic rings. The first-order valence-electron chi connectivity index (χ1n) is 11.8. The minimum atomic E-state index is -0.174. The first-order chi connectivity index (χ1) is 16.9. The lowest BCUT2D eigenvalue weighted by Gasteiger charge is -2.33. The second kappa shape index (κ2) is 12.2. The second-order valence-corrected chi connectivity index (χ2v) is 9.65. The molecule has 0 atom stereocenters. The highest BCUT2D eigenvalue weighted by Gasteiger charge is 2.26. The zero-order valence-electron chi connectivity index (χ0n) is 19.9. The van der Waals surface area contributed by atoms with Crippen molar-refractivity contribution in [1.82, 2.24) is 24.6 Å². The Bertz CT molecular complexity index is 1020. The van der Waals surface area contributed by atoms with Crippen LogP contribution in [0, 0.1) is 0 Å². The number of nitrogens with zero attached hydrogens (tertiary/aromatic N) is 5. The summed E-state index contributed by atoms with van der Waals surface area (Å²) in [5.74, 6) is 0.338. The summed E-state index contributed by atoms with van der Waals surface area (Å²) in [6, 6.07) is 5.63. The molecular weight excluding hydrogens is 493 g/mol. The van der Waals surface area contributed by atoms with Gasteiger partial charge in [0.15, 0.2) is 5.69 Å². The largest absolute Gasteiger partial charge is 0.447 e. The number of carbonyl (C=O) groups excluding carboxylic acids is 2. The number of morpholine rings is 1. The van der Waals surface area contributed by atoms with E-state index in [1.54, 1.807) is 22.8 Å². The molecule has 1 aromatic carbocycles. The van der Waals surface area contributed by atoms with Crippen LogP contribution in [0.5, 0.6) is 0 Å². The van der Waals surface area contributed by atoms with Crippen LogP contribution in [0.15, 0.2) is 28.9 Å². The molecular formula is C24H31Cl2N5O4. The van der Waals surface area contributed by atoms with Gasteiger partial charge in [0.25, 0.3) is 5.91 Å². The van der Waals surface area contributed by atoms with E-state index in [4.69, 9.17) is 32.4 Å². The standard InChI is InChI=1S/C24H31Cl2N5O4/c1-18(32)30-6-8-31(9-7-30)24(33)22-17-35-23(27-22)16-29(5-4-28-10-12-34-13-11-28)15-19-2-3-20(25)21(26)14-19/h2-3,14,17H,4-13,15-16H2,1H3. The van der Waals surface area contributed by atoms with Gasteiger partial charge in [-0.3, -0.25) is 19.4 Å². The molecule has 0 aliphatic carbocycles. The smallest absolute Gasteiger partial charge is 0.275 e. The van der Waals surface area contributed by atoms with Crippen LogP contribution < -0.4 is 0 Å². The Labute approximate surface area is 215 Å². The number of oxazole rings is 1. The van der Waals surface area contributed by atoms with Gasteiger partial charge in [-0.1, -0.05) is 29.3 Å². The summed E-state index contributed by atoms with van der Waals surface area (Å²) in [7, 11) is 0. The highest BCUT2D eigenvalue weighted by molar-refractivity contribution is 6.42. The third-order valence-electron chi connectivity index (χ3n) is 6.37. The van der Waals surface area contributed by atoms with Crippen LogP contribution in [-0.4, -0.2) is 102 Å². The van der Waals surface area contributed by atoms with E-state index in [1.165, 1.54) is 6.26 Å². The number of hydrogen-bond donors (Lipinski definition) is 0. The molecule has 2 fully saturated rings. The maximum atomic E-state index is 12.9. The predicted octanol–water partition coefficient (Wildman–Crippen LogP) is 2.62. The average Bonchev–Trinajstić information content (AvgIpc) is 3.33. The summed E-state index contributed by atoms with van der Waals surface area (Å²) in [6.07, 6.45) is 1.42. The topological polar surface area (TPSA) is 82.4 Å². The van der Waals surface area contributed by atoms with E-state index in [0.717, 1.165) is 45.0 Å². The van der Waals surface area contributed by atoms with E-state index in [0.29, 0.717) is 60.9 Å². The number of rotatable bonds is 8. The Morgan fingerprint density at radius 2 is 1.71 bits per heavy atom. The lowest BCUT2D eigenvalue weighted by molar-refractivity contribution is -0.130. The number of ether oxygens (including phenoxy) is 1. The Hall–Kier alpha value is -2.17. The van der Waals surface area contributed by atoms with Gasteiger partial charge in [-0.2, -0.15) is 0 Å². The zero-order chi connectivity index (χ0) is 24.8. The minimum Gasteiger partial charge on any atom is -0.447 e.